The second kappa shape index (κ2) is 7.13. The van der Waals surface area contributed by atoms with Crippen molar-refractivity contribution < 1.29 is 19.1 Å². The van der Waals surface area contributed by atoms with E-state index < -0.39 is 17.6 Å². The van der Waals surface area contributed by atoms with Crippen LogP contribution in [0, 0.1) is 0 Å². The lowest BCUT2D eigenvalue weighted by molar-refractivity contribution is -0.131. The number of nitrogens with two attached hydrogens (primary N) is 1. The molecule has 3 rings (SSSR count). The zero-order valence-electron chi connectivity index (χ0n) is 14.2. The molecule has 1 aliphatic heterocycles. The number of anilines is 1. The Kier molecular flexibility index (Phi) is 5.10. The number of nitrogens with zero attached hydrogens (tertiary/aromatic N) is 1. The summed E-state index contributed by atoms with van der Waals surface area (Å²) in [7, 11) is 1.31. The van der Waals surface area contributed by atoms with Crippen LogP contribution >= 0.6 is 11.3 Å². The molecule has 1 aliphatic carbocycles. The van der Waals surface area contributed by atoms with Crippen molar-refractivity contribution in [1.29, 1.82) is 0 Å². The van der Waals surface area contributed by atoms with Crippen molar-refractivity contribution >= 4 is 34.1 Å². The number of esters is 1. The number of carbonyl (C=O) groups is 3. The zero-order valence-corrected chi connectivity index (χ0v) is 15.1. The van der Waals surface area contributed by atoms with Crippen molar-refractivity contribution in [3.05, 3.63) is 17.0 Å². The van der Waals surface area contributed by atoms with Gasteiger partial charge in [0.15, 0.2) is 0 Å². The number of amides is 2. The summed E-state index contributed by atoms with van der Waals surface area (Å²) in [6.07, 6.45) is 4.77. The van der Waals surface area contributed by atoms with Crippen LogP contribution in [-0.2, 0) is 14.3 Å². The van der Waals surface area contributed by atoms with Crippen LogP contribution in [0.5, 0.6) is 0 Å². The van der Waals surface area contributed by atoms with Crippen molar-refractivity contribution in [2.75, 3.05) is 18.6 Å². The molecule has 1 aromatic rings. The fourth-order valence-electron chi connectivity index (χ4n) is 3.50. The van der Waals surface area contributed by atoms with E-state index in [-0.39, 0.29) is 11.8 Å². The van der Waals surface area contributed by atoms with Crippen molar-refractivity contribution in [3.63, 3.8) is 0 Å². The van der Waals surface area contributed by atoms with Gasteiger partial charge in [-0.25, -0.2) is 4.79 Å². The third-order valence-electron chi connectivity index (χ3n) is 5.00. The first kappa shape index (κ1) is 17.9. The molecule has 0 spiro atoms. The molecule has 2 aliphatic rings. The molecule has 3 N–H and O–H groups in total. The summed E-state index contributed by atoms with van der Waals surface area (Å²) in [6.45, 7) is 0.450. The molecule has 1 saturated heterocycles. The maximum atomic E-state index is 12.7. The molecule has 0 radical (unpaired) electrons. The monoisotopic (exact) mass is 365 g/mol. The van der Waals surface area contributed by atoms with Gasteiger partial charge in [-0.3, -0.25) is 9.59 Å². The molecule has 0 bridgehead atoms. The Bertz CT molecular complexity index is 681. The molecule has 25 heavy (non-hydrogen) atoms. The number of ether oxygens (including phenoxy) is 1. The van der Waals surface area contributed by atoms with E-state index in [1.165, 1.54) is 18.4 Å². The predicted octanol–water partition coefficient (Wildman–Crippen LogP) is 1.42. The molecule has 1 aromatic heterocycles. The van der Waals surface area contributed by atoms with Crippen molar-refractivity contribution in [1.82, 2.24) is 5.32 Å². The highest BCUT2D eigenvalue weighted by molar-refractivity contribution is 7.14. The minimum atomic E-state index is -0.869. The molecule has 8 heteroatoms. The van der Waals surface area contributed by atoms with E-state index in [4.69, 9.17) is 10.5 Å². The Hall–Kier alpha value is -1.93. The number of carbonyl (C=O) groups excluding carboxylic acids is 3. The van der Waals surface area contributed by atoms with E-state index in [0.717, 1.165) is 19.3 Å². The Morgan fingerprint density at radius 1 is 1.36 bits per heavy atom. The minimum absolute atomic E-state index is 0.208. The van der Waals surface area contributed by atoms with Gasteiger partial charge in [-0.1, -0.05) is 19.3 Å². The molecular weight excluding hydrogens is 342 g/mol. The van der Waals surface area contributed by atoms with Gasteiger partial charge in [0, 0.05) is 6.54 Å². The summed E-state index contributed by atoms with van der Waals surface area (Å²) >= 11 is 1.31. The Balaban J connectivity index is 1.69. The molecule has 7 nitrogen and oxygen atoms in total. The fourth-order valence-corrected chi connectivity index (χ4v) is 4.42. The average molecular weight is 365 g/mol. The van der Waals surface area contributed by atoms with Gasteiger partial charge in [0.1, 0.15) is 11.0 Å². The van der Waals surface area contributed by atoms with Crippen LogP contribution < -0.4 is 16.0 Å². The van der Waals surface area contributed by atoms with Crippen LogP contribution in [0.4, 0.5) is 5.00 Å². The molecule has 2 amide bonds. The summed E-state index contributed by atoms with van der Waals surface area (Å²) in [5.74, 6) is -0.924. The zero-order chi connectivity index (χ0) is 18.0. The minimum Gasteiger partial charge on any atom is -0.465 e. The fraction of sp³-hybridized carbons (Fsp3) is 0.588. The van der Waals surface area contributed by atoms with E-state index in [0.29, 0.717) is 36.4 Å². The first-order valence-electron chi connectivity index (χ1n) is 8.53. The third kappa shape index (κ3) is 3.41. The number of methoxy groups -OCH3 is 1. The van der Waals surface area contributed by atoms with Gasteiger partial charge in [-0.2, -0.15) is 0 Å². The number of hydrogen-bond acceptors (Lipinski definition) is 6. The lowest BCUT2D eigenvalue weighted by atomic mass is 9.81. The number of nitrogens with one attached hydrogen (secondary N) is 1. The average Bonchev–Trinajstić information content (AvgIpc) is 3.22. The highest BCUT2D eigenvalue weighted by Crippen LogP contribution is 2.32. The molecule has 2 heterocycles. The lowest BCUT2D eigenvalue weighted by Crippen LogP contribution is -2.58. The lowest BCUT2D eigenvalue weighted by Gasteiger charge is -2.32. The second-order valence-corrected chi connectivity index (χ2v) is 7.55. The number of thiophene rings is 1. The summed E-state index contributed by atoms with van der Waals surface area (Å²) in [5, 5.41) is 5.14. The molecular formula is C17H23N3O4S. The van der Waals surface area contributed by atoms with Crippen molar-refractivity contribution in [3.8, 4) is 0 Å². The van der Waals surface area contributed by atoms with E-state index in [2.05, 4.69) is 5.32 Å². The first-order chi connectivity index (χ1) is 12.0. The Labute approximate surface area is 150 Å². The number of hydrogen-bond donors (Lipinski definition) is 2. The largest absolute Gasteiger partial charge is 0.465 e. The number of rotatable bonds is 4. The highest BCUT2D eigenvalue weighted by Gasteiger charge is 2.41. The van der Waals surface area contributed by atoms with Gasteiger partial charge < -0.3 is 20.7 Å². The van der Waals surface area contributed by atoms with Gasteiger partial charge in [-0.05, 0) is 30.7 Å². The predicted molar refractivity (Wildman–Crippen MR) is 94.6 cm³/mol. The van der Waals surface area contributed by atoms with E-state index in [9.17, 15) is 14.4 Å². The van der Waals surface area contributed by atoms with Gasteiger partial charge in [0.25, 0.3) is 0 Å². The standard InChI is InChI=1S/C17H23N3O4S/c1-24-15(22)11-6-10-25-14(11)20-9-5-12(13(20)21)19-16(23)17(18)7-3-2-4-8-17/h6,10,12H,2-5,7-9,18H2,1H3,(H,19,23). The SMILES string of the molecule is COC(=O)c1ccsc1N1CCC(NC(=O)C2(N)CCCCC2)C1=O. The molecule has 1 unspecified atom stereocenters. The van der Waals surface area contributed by atoms with Gasteiger partial charge >= 0.3 is 5.97 Å². The summed E-state index contributed by atoms with van der Waals surface area (Å²) < 4.78 is 4.76. The topological polar surface area (TPSA) is 102 Å². The third-order valence-corrected chi connectivity index (χ3v) is 5.94. The molecule has 2 fully saturated rings. The molecule has 136 valence electrons. The van der Waals surface area contributed by atoms with E-state index in [1.54, 1.807) is 16.3 Å². The first-order valence-corrected chi connectivity index (χ1v) is 9.41. The maximum absolute atomic E-state index is 12.7. The van der Waals surface area contributed by atoms with Crippen LogP contribution in [0.3, 0.4) is 0 Å². The van der Waals surface area contributed by atoms with Gasteiger partial charge in [0.05, 0.1) is 18.2 Å². The Morgan fingerprint density at radius 2 is 2.08 bits per heavy atom. The van der Waals surface area contributed by atoms with Crippen LogP contribution in [0.1, 0.15) is 48.9 Å². The highest BCUT2D eigenvalue weighted by atomic mass is 32.1. The van der Waals surface area contributed by atoms with Crippen LogP contribution in [-0.4, -0.2) is 43.0 Å². The summed E-state index contributed by atoms with van der Waals surface area (Å²) in [5.41, 5.74) is 5.74. The van der Waals surface area contributed by atoms with Gasteiger partial charge in [0.2, 0.25) is 11.8 Å². The van der Waals surface area contributed by atoms with Gasteiger partial charge in [-0.15, -0.1) is 11.3 Å². The maximum Gasteiger partial charge on any atom is 0.340 e. The van der Waals surface area contributed by atoms with Crippen molar-refractivity contribution in [2.45, 2.75) is 50.1 Å². The molecule has 0 aromatic carbocycles. The van der Waals surface area contributed by atoms with E-state index in [1.807, 2.05) is 0 Å². The molecule has 1 atom stereocenters. The second-order valence-electron chi connectivity index (χ2n) is 6.65. The quantitative estimate of drug-likeness (QED) is 0.786. The smallest absolute Gasteiger partial charge is 0.340 e. The Morgan fingerprint density at radius 3 is 2.76 bits per heavy atom. The summed E-state index contributed by atoms with van der Waals surface area (Å²) in [4.78, 5) is 38.6. The van der Waals surface area contributed by atoms with Crippen molar-refractivity contribution in [2.24, 2.45) is 5.73 Å². The molecule has 1 saturated carbocycles. The normalized spacial score (nSPS) is 22.7. The van der Waals surface area contributed by atoms with Crippen LogP contribution in [0.25, 0.3) is 0 Å². The van der Waals surface area contributed by atoms with E-state index >= 15 is 0 Å². The van der Waals surface area contributed by atoms with Crippen LogP contribution in [0.2, 0.25) is 0 Å². The summed E-state index contributed by atoms with van der Waals surface area (Å²) in [6, 6.07) is 1.05. The van der Waals surface area contributed by atoms with Crippen LogP contribution in [0.15, 0.2) is 11.4 Å².